The number of rotatable bonds is 4. The predicted molar refractivity (Wildman–Crippen MR) is 91.9 cm³/mol. The molecule has 23 heavy (non-hydrogen) atoms. The van der Waals surface area contributed by atoms with Crippen molar-refractivity contribution in [2.45, 2.75) is 0 Å². The van der Waals surface area contributed by atoms with Crippen LogP contribution in [0.1, 0.15) is 15.9 Å². The van der Waals surface area contributed by atoms with E-state index < -0.39 is 5.97 Å². The first-order valence-electron chi connectivity index (χ1n) is 6.62. The molecule has 0 bridgehead atoms. The van der Waals surface area contributed by atoms with E-state index in [1.165, 1.54) is 13.2 Å². The number of amides is 1. The Hall–Kier alpha value is -2.30. The van der Waals surface area contributed by atoms with Crippen molar-refractivity contribution in [3.05, 3.63) is 69.7 Å². The number of halogens is 2. The minimum Gasteiger partial charge on any atom is -0.465 e. The van der Waals surface area contributed by atoms with Gasteiger partial charge < -0.3 is 10.1 Å². The van der Waals surface area contributed by atoms with Crippen molar-refractivity contribution < 1.29 is 14.3 Å². The highest BCUT2D eigenvalue weighted by Crippen LogP contribution is 2.22. The van der Waals surface area contributed by atoms with Crippen molar-refractivity contribution in [3.63, 3.8) is 0 Å². The Balaban J connectivity index is 2.01. The molecule has 0 aliphatic heterocycles. The highest BCUT2D eigenvalue weighted by Gasteiger charge is 2.05. The van der Waals surface area contributed by atoms with Crippen LogP contribution in [-0.4, -0.2) is 19.0 Å². The topological polar surface area (TPSA) is 55.4 Å². The molecule has 2 rings (SSSR count). The number of anilines is 1. The summed E-state index contributed by atoms with van der Waals surface area (Å²) < 4.78 is 4.61. The van der Waals surface area contributed by atoms with Gasteiger partial charge in [0.1, 0.15) is 0 Å². The summed E-state index contributed by atoms with van der Waals surface area (Å²) in [5.74, 6) is -0.748. The first-order valence-corrected chi connectivity index (χ1v) is 7.37. The zero-order valence-electron chi connectivity index (χ0n) is 12.2. The summed E-state index contributed by atoms with van der Waals surface area (Å²) >= 11 is 11.8. The summed E-state index contributed by atoms with van der Waals surface area (Å²) in [6, 6.07) is 11.4. The second kappa shape index (κ2) is 7.81. The molecule has 0 unspecified atom stereocenters. The number of methoxy groups -OCH3 is 1. The molecule has 118 valence electrons. The third-order valence-electron chi connectivity index (χ3n) is 2.95. The number of benzene rings is 2. The van der Waals surface area contributed by atoms with Crippen LogP contribution in [0.25, 0.3) is 6.08 Å². The molecular formula is C17H13Cl2NO3. The Morgan fingerprint density at radius 3 is 2.39 bits per heavy atom. The number of nitrogens with one attached hydrogen (secondary N) is 1. The van der Waals surface area contributed by atoms with E-state index in [2.05, 4.69) is 10.1 Å². The van der Waals surface area contributed by atoms with Gasteiger partial charge in [0.05, 0.1) is 12.7 Å². The lowest BCUT2D eigenvalue weighted by Crippen LogP contribution is -2.08. The molecule has 0 radical (unpaired) electrons. The largest absolute Gasteiger partial charge is 0.465 e. The van der Waals surface area contributed by atoms with Crippen LogP contribution >= 0.6 is 23.2 Å². The maximum Gasteiger partial charge on any atom is 0.337 e. The van der Waals surface area contributed by atoms with Gasteiger partial charge in [0.25, 0.3) is 0 Å². The van der Waals surface area contributed by atoms with Crippen molar-refractivity contribution in [2.75, 3.05) is 12.4 Å². The van der Waals surface area contributed by atoms with Crippen LogP contribution in [0.3, 0.4) is 0 Å². The number of ether oxygens (including phenoxy) is 1. The molecule has 0 heterocycles. The molecule has 0 fully saturated rings. The molecule has 0 aliphatic carbocycles. The van der Waals surface area contributed by atoms with Crippen molar-refractivity contribution in [1.82, 2.24) is 0 Å². The Labute approximate surface area is 143 Å². The lowest BCUT2D eigenvalue weighted by molar-refractivity contribution is -0.111. The predicted octanol–water partition coefficient (Wildman–Crippen LogP) is 4.43. The summed E-state index contributed by atoms with van der Waals surface area (Å²) in [6.45, 7) is 0. The van der Waals surface area contributed by atoms with Crippen molar-refractivity contribution in [2.24, 2.45) is 0 Å². The molecule has 0 saturated heterocycles. The van der Waals surface area contributed by atoms with Crippen LogP contribution < -0.4 is 5.32 Å². The molecule has 0 atom stereocenters. The maximum absolute atomic E-state index is 11.9. The van der Waals surface area contributed by atoms with Gasteiger partial charge in [0, 0.05) is 21.8 Å². The molecule has 0 saturated carbocycles. The Kier molecular flexibility index (Phi) is 5.79. The van der Waals surface area contributed by atoms with Crippen LogP contribution in [0.5, 0.6) is 0 Å². The first-order chi connectivity index (χ1) is 11.0. The number of hydrogen-bond donors (Lipinski definition) is 1. The van der Waals surface area contributed by atoms with Crippen molar-refractivity contribution in [1.29, 1.82) is 0 Å². The molecule has 6 heteroatoms. The van der Waals surface area contributed by atoms with Gasteiger partial charge in [0.15, 0.2) is 0 Å². The van der Waals surface area contributed by atoms with Crippen LogP contribution in [-0.2, 0) is 9.53 Å². The summed E-state index contributed by atoms with van der Waals surface area (Å²) in [7, 11) is 1.31. The highest BCUT2D eigenvalue weighted by molar-refractivity contribution is 6.35. The summed E-state index contributed by atoms with van der Waals surface area (Å²) in [5, 5.41) is 3.67. The van der Waals surface area contributed by atoms with Crippen LogP contribution in [0.15, 0.2) is 48.5 Å². The van der Waals surface area contributed by atoms with Gasteiger partial charge in [-0.1, -0.05) is 29.3 Å². The molecule has 1 amide bonds. The molecule has 2 aromatic rings. The van der Waals surface area contributed by atoms with Gasteiger partial charge in [-0.25, -0.2) is 4.79 Å². The second-order valence-corrected chi connectivity index (χ2v) is 5.40. The van der Waals surface area contributed by atoms with E-state index in [9.17, 15) is 9.59 Å². The monoisotopic (exact) mass is 349 g/mol. The fraction of sp³-hybridized carbons (Fsp3) is 0.0588. The van der Waals surface area contributed by atoms with Gasteiger partial charge in [-0.05, 0) is 48.0 Å². The Morgan fingerprint density at radius 2 is 1.78 bits per heavy atom. The zero-order chi connectivity index (χ0) is 16.8. The average Bonchev–Trinajstić information content (AvgIpc) is 2.54. The molecule has 0 aliphatic rings. The van der Waals surface area contributed by atoms with Crippen molar-refractivity contribution >= 4 is 46.8 Å². The molecule has 4 nitrogen and oxygen atoms in total. The Morgan fingerprint density at radius 1 is 1.09 bits per heavy atom. The minimum absolute atomic E-state index is 0.318. The smallest absolute Gasteiger partial charge is 0.337 e. The molecule has 2 aromatic carbocycles. The highest BCUT2D eigenvalue weighted by atomic mass is 35.5. The summed E-state index contributed by atoms with van der Waals surface area (Å²) in [5.41, 5.74) is 1.66. The quantitative estimate of drug-likeness (QED) is 0.656. The first kappa shape index (κ1) is 17.1. The van der Waals surface area contributed by atoms with Gasteiger partial charge >= 0.3 is 5.97 Å². The van der Waals surface area contributed by atoms with Crippen LogP contribution in [0, 0.1) is 0 Å². The lowest BCUT2D eigenvalue weighted by Gasteiger charge is -2.04. The second-order valence-electron chi connectivity index (χ2n) is 4.56. The number of hydrogen-bond acceptors (Lipinski definition) is 3. The van der Waals surface area contributed by atoms with Gasteiger partial charge in [0.2, 0.25) is 5.91 Å². The Bertz CT molecular complexity index is 755. The minimum atomic E-state index is -0.430. The van der Waals surface area contributed by atoms with E-state index in [1.807, 2.05) is 0 Å². The zero-order valence-corrected chi connectivity index (χ0v) is 13.7. The maximum atomic E-state index is 11.9. The SMILES string of the molecule is COC(=O)c1ccc(NC(=O)C=Cc2ccc(Cl)cc2Cl)cc1. The normalized spacial score (nSPS) is 10.6. The van der Waals surface area contributed by atoms with Crippen LogP contribution in [0.4, 0.5) is 5.69 Å². The fourth-order valence-electron chi connectivity index (χ4n) is 1.79. The number of esters is 1. The number of carbonyl (C=O) groups is 2. The molecular weight excluding hydrogens is 337 g/mol. The van der Waals surface area contributed by atoms with Crippen LogP contribution in [0.2, 0.25) is 10.0 Å². The van der Waals surface area contributed by atoms with E-state index >= 15 is 0 Å². The van der Waals surface area contributed by atoms with Gasteiger partial charge in [-0.3, -0.25) is 4.79 Å². The fourth-order valence-corrected chi connectivity index (χ4v) is 2.27. The summed E-state index contributed by atoms with van der Waals surface area (Å²) in [4.78, 5) is 23.2. The van der Waals surface area contributed by atoms with E-state index in [0.29, 0.717) is 26.9 Å². The summed E-state index contributed by atoms with van der Waals surface area (Å²) in [6.07, 6.45) is 2.96. The molecule has 0 aromatic heterocycles. The third kappa shape index (κ3) is 4.84. The van der Waals surface area contributed by atoms with E-state index in [-0.39, 0.29) is 5.91 Å². The standard InChI is InChI=1S/C17H13Cl2NO3/c1-23-17(22)12-3-7-14(8-4-12)20-16(21)9-5-11-2-6-13(18)10-15(11)19/h2-10H,1H3,(H,20,21). The van der Waals surface area contributed by atoms with E-state index in [1.54, 1.807) is 48.5 Å². The average molecular weight is 350 g/mol. The lowest BCUT2D eigenvalue weighted by atomic mass is 10.2. The van der Waals surface area contributed by atoms with E-state index in [0.717, 1.165) is 0 Å². The van der Waals surface area contributed by atoms with E-state index in [4.69, 9.17) is 23.2 Å². The molecule has 1 N–H and O–H groups in total. The van der Waals surface area contributed by atoms with Gasteiger partial charge in [-0.2, -0.15) is 0 Å². The molecule has 0 spiro atoms. The van der Waals surface area contributed by atoms with Crippen molar-refractivity contribution in [3.8, 4) is 0 Å². The van der Waals surface area contributed by atoms with Gasteiger partial charge in [-0.15, -0.1) is 0 Å². The number of carbonyl (C=O) groups excluding carboxylic acids is 2. The third-order valence-corrected chi connectivity index (χ3v) is 3.51.